The van der Waals surface area contributed by atoms with Crippen LogP contribution in [0.25, 0.3) is 0 Å². The van der Waals surface area contributed by atoms with Crippen LogP contribution >= 0.6 is 11.6 Å². The zero-order valence-corrected chi connectivity index (χ0v) is 7.23. The van der Waals surface area contributed by atoms with Gasteiger partial charge in [-0.1, -0.05) is 31.0 Å². The first-order valence-corrected chi connectivity index (χ1v) is 4.11. The molecule has 0 heterocycles. The molecular formula is C8H15ClO. The normalized spacial score (nSPS) is 13.0. The molecule has 0 spiro atoms. The third kappa shape index (κ3) is 6.12. The Morgan fingerprint density at radius 2 is 2.40 bits per heavy atom. The first-order chi connectivity index (χ1) is 4.81. The minimum absolute atomic E-state index is 0.127. The van der Waals surface area contributed by atoms with Gasteiger partial charge in [0.25, 0.3) is 0 Å². The highest BCUT2D eigenvalue weighted by atomic mass is 35.5. The van der Waals surface area contributed by atoms with Crippen molar-refractivity contribution in [2.45, 2.75) is 31.7 Å². The minimum Gasteiger partial charge on any atom is -0.358 e. The molecule has 10 heavy (non-hydrogen) atoms. The Morgan fingerprint density at radius 3 is 2.90 bits per heavy atom. The Bertz CT molecular complexity index is 83.3. The summed E-state index contributed by atoms with van der Waals surface area (Å²) < 4.78 is 5.14. The van der Waals surface area contributed by atoms with Crippen LogP contribution < -0.4 is 0 Å². The molecule has 0 aliphatic rings. The van der Waals surface area contributed by atoms with E-state index in [0.29, 0.717) is 6.61 Å². The quantitative estimate of drug-likeness (QED) is 0.431. The molecule has 0 aliphatic carbocycles. The molecule has 0 saturated heterocycles. The van der Waals surface area contributed by atoms with E-state index in [0.717, 1.165) is 12.8 Å². The summed E-state index contributed by atoms with van der Waals surface area (Å²) >= 11 is 5.77. The first-order valence-electron chi connectivity index (χ1n) is 3.67. The smallest absolute Gasteiger partial charge is 0.131 e. The number of halogens is 1. The third-order valence-corrected chi connectivity index (χ3v) is 1.52. The van der Waals surface area contributed by atoms with Crippen molar-refractivity contribution in [1.29, 1.82) is 0 Å². The highest BCUT2D eigenvalue weighted by molar-refractivity contribution is 6.19. The maximum Gasteiger partial charge on any atom is 0.131 e. The molecule has 0 aromatic carbocycles. The van der Waals surface area contributed by atoms with E-state index in [-0.39, 0.29) is 5.56 Å². The van der Waals surface area contributed by atoms with Crippen LogP contribution in [0.3, 0.4) is 0 Å². The minimum atomic E-state index is -0.127. The highest BCUT2D eigenvalue weighted by Crippen LogP contribution is 2.08. The molecule has 0 aromatic rings. The predicted octanol–water partition coefficient (Wildman–Crippen LogP) is 2.94. The zero-order valence-electron chi connectivity index (χ0n) is 6.48. The first kappa shape index (κ1) is 9.99. The fourth-order valence-corrected chi connectivity index (χ4v) is 0.847. The molecular weight excluding hydrogens is 148 g/mol. The van der Waals surface area contributed by atoms with E-state index in [4.69, 9.17) is 16.3 Å². The molecule has 0 rings (SSSR count). The van der Waals surface area contributed by atoms with Gasteiger partial charge in [-0.25, -0.2) is 0 Å². The number of rotatable bonds is 6. The van der Waals surface area contributed by atoms with Crippen molar-refractivity contribution in [2.24, 2.45) is 0 Å². The zero-order chi connectivity index (χ0) is 7.82. The van der Waals surface area contributed by atoms with Crippen molar-refractivity contribution in [1.82, 2.24) is 0 Å². The molecule has 0 N–H and O–H groups in total. The maximum absolute atomic E-state index is 5.77. The van der Waals surface area contributed by atoms with Gasteiger partial charge in [-0.05, 0) is 12.8 Å². The van der Waals surface area contributed by atoms with Crippen molar-refractivity contribution in [3.05, 3.63) is 12.7 Å². The summed E-state index contributed by atoms with van der Waals surface area (Å²) in [6.07, 6.45) is 4.94. The molecule has 0 radical (unpaired) electrons. The molecule has 0 aliphatic heterocycles. The second-order valence-electron chi connectivity index (χ2n) is 2.17. The molecule has 0 amide bonds. The van der Waals surface area contributed by atoms with E-state index in [1.807, 2.05) is 0 Å². The van der Waals surface area contributed by atoms with Crippen molar-refractivity contribution >= 4 is 11.6 Å². The van der Waals surface area contributed by atoms with Crippen molar-refractivity contribution in [2.75, 3.05) is 6.61 Å². The van der Waals surface area contributed by atoms with E-state index >= 15 is 0 Å². The Balaban J connectivity index is 3.07. The topological polar surface area (TPSA) is 9.23 Å². The predicted molar refractivity (Wildman–Crippen MR) is 45.3 cm³/mol. The second kappa shape index (κ2) is 7.10. The lowest BCUT2D eigenvalue weighted by Gasteiger charge is -2.07. The van der Waals surface area contributed by atoms with Crippen LogP contribution in [0.5, 0.6) is 0 Å². The van der Waals surface area contributed by atoms with Gasteiger partial charge in [0.1, 0.15) is 5.56 Å². The fraction of sp³-hybridized carbons (Fsp3) is 0.750. The Morgan fingerprint density at radius 1 is 1.70 bits per heavy atom. The lowest BCUT2D eigenvalue weighted by atomic mass is 10.3. The Hall–Kier alpha value is -0.0100. The lowest BCUT2D eigenvalue weighted by molar-refractivity contribution is 0.125. The van der Waals surface area contributed by atoms with E-state index in [9.17, 15) is 0 Å². The van der Waals surface area contributed by atoms with Crippen molar-refractivity contribution in [3.63, 3.8) is 0 Å². The van der Waals surface area contributed by atoms with Gasteiger partial charge in [0.05, 0.1) is 6.61 Å². The average molecular weight is 163 g/mol. The van der Waals surface area contributed by atoms with Crippen molar-refractivity contribution in [3.8, 4) is 0 Å². The summed E-state index contributed by atoms with van der Waals surface area (Å²) in [5.74, 6) is 0. The van der Waals surface area contributed by atoms with Gasteiger partial charge in [0.15, 0.2) is 0 Å². The van der Waals surface area contributed by atoms with Gasteiger partial charge in [0.2, 0.25) is 0 Å². The van der Waals surface area contributed by atoms with Gasteiger partial charge >= 0.3 is 0 Å². The molecule has 1 atom stereocenters. The van der Waals surface area contributed by atoms with Crippen LogP contribution in [0.2, 0.25) is 0 Å². The van der Waals surface area contributed by atoms with Crippen molar-refractivity contribution < 1.29 is 4.74 Å². The maximum atomic E-state index is 5.77. The van der Waals surface area contributed by atoms with E-state index in [1.165, 1.54) is 6.42 Å². The molecule has 0 bridgehead atoms. The summed E-state index contributed by atoms with van der Waals surface area (Å²) in [5.41, 5.74) is -0.127. The summed E-state index contributed by atoms with van der Waals surface area (Å²) in [6.45, 7) is 6.22. The largest absolute Gasteiger partial charge is 0.358 e. The Kier molecular flexibility index (Phi) is 7.09. The van der Waals surface area contributed by atoms with Crippen LogP contribution in [0.4, 0.5) is 0 Å². The van der Waals surface area contributed by atoms with E-state index < -0.39 is 0 Å². The molecule has 0 saturated carbocycles. The fourth-order valence-electron chi connectivity index (χ4n) is 0.620. The number of hydrogen-bond acceptors (Lipinski definition) is 1. The van der Waals surface area contributed by atoms with Gasteiger partial charge in [-0.2, -0.15) is 0 Å². The standard InChI is InChI=1S/C8H15ClO/c1-3-5-6-8(9)10-7-4-2/h4,8H,2-3,5-7H2,1H3. The number of unbranched alkanes of at least 4 members (excludes halogenated alkanes) is 1. The van der Waals surface area contributed by atoms with Crippen LogP contribution in [0.1, 0.15) is 26.2 Å². The molecule has 0 fully saturated rings. The monoisotopic (exact) mass is 162 g/mol. The van der Waals surface area contributed by atoms with Gasteiger partial charge in [-0.3, -0.25) is 0 Å². The summed E-state index contributed by atoms with van der Waals surface area (Å²) in [6, 6.07) is 0. The van der Waals surface area contributed by atoms with Crippen LogP contribution in [-0.2, 0) is 4.74 Å². The van der Waals surface area contributed by atoms with Crippen LogP contribution in [0.15, 0.2) is 12.7 Å². The van der Waals surface area contributed by atoms with E-state index in [1.54, 1.807) is 6.08 Å². The molecule has 2 heteroatoms. The summed E-state index contributed by atoms with van der Waals surface area (Å²) in [4.78, 5) is 0. The number of ether oxygens (including phenoxy) is 1. The van der Waals surface area contributed by atoms with E-state index in [2.05, 4.69) is 13.5 Å². The molecule has 0 aromatic heterocycles. The summed E-state index contributed by atoms with van der Waals surface area (Å²) in [7, 11) is 0. The van der Waals surface area contributed by atoms with Gasteiger partial charge in [-0.15, -0.1) is 6.58 Å². The number of hydrogen-bond donors (Lipinski definition) is 0. The second-order valence-corrected chi connectivity index (χ2v) is 2.66. The summed E-state index contributed by atoms with van der Waals surface area (Å²) in [5, 5.41) is 0. The Labute approximate surface area is 68.0 Å². The van der Waals surface area contributed by atoms with Gasteiger partial charge in [0, 0.05) is 0 Å². The van der Waals surface area contributed by atoms with Crippen LogP contribution in [-0.4, -0.2) is 12.2 Å². The van der Waals surface area contributed by atoms with Gasteiger partial charge < -0.3 is 4.74 Å². The highest BCUT2D eigenvalue weighted by Gasteiger charge is 2.00. The molecule has 1 unspecified atom stereocenters. The molecule has 60 valence electrons. The molecule has 1 nitrogen and oxygen atoms in total. The average Bonchev–Trinajstić information content (AvgIpc) is 1.97. The number of alkyl halides is 1. The lowest BCUT2D eigenvalue weighted by Crippen LogP contribution is -2.04. The van der Waals surface area contributed by atoms with Crippen LogP contribution in [0, 0.1) is 0 Å². The third-order valence-electron chi connectivity index (χ3n) is 1.18. The SMILES string of the molecule is C=CCOC(Cl)CCCC.